The second kappa shape index (κ2) is 8.05. The lowest BCUT2D eigenvalue weighted by molar-refractivity contribution is -0.113. The molecular weight excluding hydrogens is 298 g/mol. The van der Waals surface area contributed by atoms with E-state index in [9.17, 15) is 4.79 Å². The predicted octanol–water partition coefficient (Wildman–Crippen LogP) is 2.83. The maximum Gasteiger partial charge on any atom is 0.234 e. The first-order valence-electron chi connectivity index (χ1n) is 6.57. The molecule has 2 aromatic rings. The smallest absolute Gasteiger partial charge is 0.234 e. The number of anilines is 1. The molecule has 112 valence electrons. The molecule has 0 aliphatic carbocycles. The molecule has 0 aliphatic rings. The number of rotatable bonds is 6. The first-order chi connectivity index (χ1) is 10.7. The summed E-state index contributed by atoms with van der Waals surface area (Å²) in [5.74, 6) is 1.52. The summed E-state index contributed by atoms with van der Waals surface area (Å²) >= 11 is 1.50. The van der Waals surface area contributed by atoms with Crippen molar-refractivity contribution in [3.63, 3.8) is 0 Å². The number of methoxy groups -OCH3 is 1. The fourth-order valence-electron chi connectivity index (χ4n) is 1.78. The van der Waals surface area contributed by atoms with Crippen molar-refractivity contribution in [2.45, 2.75) is 5.75 Å². The van der Waals surface area contributed by atoms with Crippen molar-refractivity contribution in [2.75, 3.05) is 18.2 Å². The van der Waals surface area contributed by atoms with Crippen molar-refractivity contribution in [3.05, 3.63) is 53.9 Å². The van der Waals surface area contributed by atoms with E-state index in [-0.39, 0.29) is 5.91 Å². The Kier molecular flexibility index (Phi) is 5.81. The summed E-state index contributed by atoms with van der Waals surface area (Å²) in [5.41, 5.74) is 2.28. The quantitative estimate of drug-likeness (QED) is 0.887. The third kappa shape index (κ3) is 4.50. The molecule has 6 heteroatoms. The fourth-order valence-corrected chi connectivity index (χ4v) is 2.56. The number of nitriles is 1. The number of amides is 1. The Hall–Kier alpha value is -2.52. The molecule has 0 spiro atoms. The second-order valence-corrected chi connectivity index (χ2v) is 5.41. The number of nitrogens with one attached hydrogen (secondary N) is 1. The van der Waals surface area contributed by atoms with Crippen LogP contribution in [0.5, 0.6) is 5.75 Å². The van der Waals surface area contributed by atoms with Crippen molar-refractivity contribution in [1.29, 1.82) is 5.26 Å². The van der Waals surface area contributed by atoms with Crippen molar-refractivity contribution >= 4 is 23.4 Å². The number of carbonyl (C=O) groups is 1. The zero-order chi connectivity index (χ0) is 15.8. The Balaban J connectivity index is 1.81. The second-order valence-electron chi connectivity index (χ2n) is 4.43. The molecule has 2 rings (SSSR count). The van der Waals surface area contributed by atoms with Gasteiger partial charge in [-0.25, -0.2) is 0 Å². The van der Waals surface area contributed by atoms with Crippen LogP contribution in [0.1, 0.15) is 11.1 Å². The number of thioether (sulfide) groups is 1. The third-order valence-corrected chi connectivity index (χ3v) is 3.86. The van der Waals surface area contributed by atoms with E-state index in [2.05, 4.69) is 16.4 Å². The van der Waals surface area contributed by atoms with Gasteiger partial charge < -0.3 is 10.1 Å². The molecule has 5 nitrogen and oxygen atoms in total. The summed E-state index contributed by atoms with van der Waals surface area (Å²) in [7, 11) is 1.55. The number of hydrogen-bond donors (Lipinski definition) is 1. The number of pyridine rings is 1. The minimum absolute atomic E-state index is 0.107. The van der Waals surface area contributed by atoms with E-state index < -0.39 is 0 Å². The summed E-state index contributed by atoms with van der Waals surface area (Å²) in [4.78, 5) is 15.9. The van der Waals surface area contributed by atoms with Gasteiger partial charge in [0.2, 0.25) is 5.91 Å². The number of nitrogens with zero attached hydrogens (tertiary/aromatic N) is 2. The number of ether oxygens (including phenoxy) is 1. The average Bonchev–Trinajstić information content (AvgIpc) is 2.56. The van der Waals surface area contributed by atoms with Gasteiger partial charge in [0, 0.05) is 18.0 Å². The van der Waals surface area contributed by atoms with Crippen molar-refractivity contribution in [3.8, 4) is 11.8 Å². The summed E-state index contributed by atoms with van der Waals surface area (Å²) in [6, 6.07) is 11.1. The zero-order valence-corrected chi connectivity index (χ0v) is 12.9. The van der Waals surface area contributed by atoms with Crippen LogP contribution in [0.15, 0.2) is 42.7 Å². The van der Waals surface area contributed by atoms with Crippen molar-refractivity contribution in [1.82, 2.24) is 4.98 Å². The summed E-state index contributed by atoms with van der Waals surface area (Å²) in [5, 5.41) is 11.5. The van der Waals surface area contributed by atoms with E-state index in [4.69, 9.17) is 10.00 Å². The molecule has 0 aliphatic heterocycles. The molecule has 0 bridgehead atoms. The number of carbonyl (C=O) groups excluding carboxylic acids is 1. The minimum atomic E-state index is -0.107. The van der Waals surface area contributed by atoms with Crippen LogP contribution in [0.25, 0.3) is 0 Å². The lowest BCUT2D eigenvalue weighted by Crippen LogP contribution is -2.15. The number of aromatic nitrogens is 1. The van der Waals surface area contributed by atoms with Crippen molar-refractivity contribution in [2.24, 2.45) is 0 Å². The lowest BCUT2D eigenvalue weighted by Gasteiger charge is -2.09. The summed E-state index contributed by atoms with van der Waals surface area (Å²) in [6.45, 7) is 0. The van der Waals surface area contributed by atoms with Gasteiger partial charge in [0.05, 0.1) is 30.7 Å². The molecule has 1 heterocycles. The van der Waals surface area contributed by atoms with Gasteiger partial charge in [-0.2, -0.15) is 5.26 Å². The molecule has 1 amide bonds. The van der Waals surface area contributed by atoms with Gasteiger partial charge in [0.1, 0.15) is 11.4 Å². The van der Waals surface area contributed by atoms with Gasteiger partial charge in [-0.15, -0.1) is 11.8 Å². The highest BCUT2D eigenvalue weighted by Crippen LogP contribution is 2.22. The van der Waals surface area contributed by atoms with Gasteiger partial charge in [-0.05, 0) is 17.7 Å². The molecule has 1 aromatic heterocycles. The van der Waals surface area contributed by atoms with E-state index >= 15 is 0 Å². The minimum Gasteiger partial charge on any atom is -0.494 e. The monoisotopic (exact) mass is 313 g/mol. The zero-order valence-electron chi connectivity index (χ0n) is 12.1. The van der Waals surface area contributed by atoms with Gasteiger partial charge >= 0.3 is 0 Å². The highest BCUT2D eigenvalue weighted by Gasteiger charge is 2.07. The number of hydrogen-bond acceptors (Lipinski definition) is 5. The molecule has 0 saturated heterocycles. The van der Waals surface area contributed by atoms with Crippen molar-refractivity contribution < 1.29 is 9.53 Å². The molecule has 0 radical (unpaired) electrons. The molecule has 0 atom stereocenters. The van der Waals surface area contributed by atoms with E-state index in [0.29, 0.717) is 28.5 Å². The average molecular weight is 313 g/mol. The summed E-state index contributed by atoms with van der Waals surface area (Å²) < 4.78 is 5.15. The van der Waals surface area contributed by atoms with E-state index in [1.807, 2.05) is 12.1 Å². The SMILES string of the molecule is COc1ccncc1NC(=O)CSCc1ccc(C#N)cc1. The molecule has 0 fully saturated rings. The van der Waals surface area contributed by atoms with E-state index in [1.54, 1.807) is 37.7 Å². The van der Waals surface area contributed by atoms with Crippen LogP contribution in [0.2, 0.25) is 0 Å². The molecule has 1 N–H and O–H groups in total. The maximum atomic E-state index is 11.9. The highest BCUT2D eigenvalue weighted by molar-refractivity contribution is 7.99. The molecule has 22 heavy (non-hydrogen) atoms. The molecule has 0 saturated carbocycles. The molecule has 0 unspecified atom stereocenters. The van der Waals surface area contributed by atoms with E-state index in [0.717, 1.165) is 5.56 Å². The van der Waals surface area contributed by atoms with Crippen LogP contribution in [0.4, 0.5) is 5.69 Å². The van der Waals surface area contributed by atoms with Crippen LogP contribution < -0.4 is 10.1 Å². The van der Waals surface area contributed by atoms with Crippen LogP contribution in [0, 0.1) is 11.3 Å². The van der Waals surface area contributed by atoms with Gasteiger partial charge in [-0.1, -0.05) is 12.1 Å². The van der Waals surface area contributed by atoms with Crippen LogP contribution >= 0.6 is 11.8 Å². The molecular formula is C16H15N3O2S. The topological polar surface area (TPSA) is 75.0 Å². The number of benzene rings is 1. The summed E-state index contributed by atoms with van der Waals surface area (Å²) in [6.07, 6.45) is 3.16. The lowest BCUT2D eigenvalue weighted by atomic mass is 10.2. The predicted molar refractivity (Wildman–Crippen MR) is 86.7 cm³/mol. The third-order valence-electron chi connectivity index (χ3n) is 2.86. The Morgan fingerprint density at radius 2 is 2.14 bits per heavy atom. The largest absolute Gasteiger partial charge is 0.494 e. The van der Waals surface area contributed by atoms with Crippen LogP contribution in [-0.4, -0.2) is 23.8 Å². The Bertz CT molecular complexity index is 681. The van der Waals surface area contributed by atoms with E-state index in [1.165, 1.54) is 11.8 Å². The Morgan fingerprint density at radius 1 is 1.36 bits per heavy atom. The first-order valence-corrected chi connectivity index (χ1v) is 7.73. The van der Waals surface area contributed by atoms with Crippen LogP contribution in [0.3, 0.4) is 0 Å². The van der Waals surface area contributed by atoms with Gasteiger partial charge in [0.25, 0.3) is 0 Å². The standard InChI is InChI=1S/C16H15N3O2S/c1-21-15-6-7-18-9-14(15)19-16(20)11-22-10-13-4-2-12(8-17)3-5-13/h2-7,9H,10-11H2,1H3,(H,19,20). The van der Waals surface area contributed by atoms with Gasteiger partial charge in [0.15, 0.2) is 0 Å². The highest BCUT2D eigenvalue weighted by atomic mass is 32.2. The van der Waals surface area contributed by atoms with Gasteiger partial charge in [-0.3, -0.25) is 9.78 Å². The Labute approximate surface area is 133 Å². The van der Waals surface area contributed by atoms with Crippen LogP contribution in [-0.2, 0) is 10.5 Å². The molecule has 1 aromatic carbocycles. The Morgan fingerprint density at radius 3 is 2.82 bits per heavy atom. The first kappa shape index (κ1) is 15.9. The fraction of sp³-hybridized carbons (Fsp3) is 0.188. The maximum absolute atomic E-state index is 11.9. The normalized spacial score (nSPS) is 9.82.